The van der Waals surface area contributed by atoms with Gasteiger partial charge in [0, 0.05) is 5.92 Å². The van der Waals surface area contributed by atoms with Crippen molar-refractivity contribution in [3.8, 4) is 5.75 Å². The van der Waals surface area contributed by atoms with Crippen LogP contribution in [-0.4, -0.2) is 20.9 Å². The molecule has 1 saturated carbocycles. The lowest BCUT2D eigenvalue weighted by Crippen LogP contribution is -2.32. The third-order valence-corrected chi connectivity index (χ3v) is 4.49. The molecule has 1 aromatic carbocycles. The minimum atomic E-state index is -3.77. The van der Waals surface area contributed by atoms with Gasteiger partial charge in [-0.25, -0.2) is 13.1 Å². The SMILES string of the molecule is CCOc1ccc(S(=O)(=O)NC(=O)C2CC2C)cc1. The fourth-order valence-electron chi connectivity index (χ4n) is 1.84. The van der Waals surface area contributed by atoms with Crippen LogP contribution in [-0.2, 0) is 14.8 Å². The normalized spacial score (nSPS) is 21.8. The maximum Gasteiger partial charge on any atom is 0.264 e. The lowest BCUT2D eigenvalue weighted by Gasteiger charge is -2.07. The monoisotopic (exact) mass is 283 g/mol. The largest absolute Gasteiger partial charge is 0.494 e. The third kappa shape index (κ3) is 3.26. The van der Waals surface area contributed by atoms with E-state index in [1.807, 2.05) is 13.8 Å². The number of benzene rings is 1. The zero-order valence-electron chi connectivity index (χ0n) is 10.9. The van der Waals surface area contributed by atoms with Gasteiger partial charge in [-0.1, -0.05) is 6.92 Å². The van der Waals surface area contributed by atoms with Crippen molar-refractivity contribution >= 4 is 15.9 Å². The van der Waals surface area contributed by atoms with E-state index in [-0.39, 0.29) is 16.7 Å². The Kier molecular flexibility index (Phi) is 3.80. The van der Waals surface area contributed by atoms with Crippen molar-refractivity contribution in [2.45, 2.75) is 25.2 Å². The van der Waals surface area contributed by atoms with Crippen molar-refractivity contribution in [1.29, 1.82) is 0 Å². The number of rotatable bonds is 5. The average Bonchev–Trinajstić information content (AvgIpc) is 3.07. The van der Waals surface area contributed by atoms with E-state index in [4.69, 9.17) is 4.74 Å². The molecule has 19 heavy (non-hydrogen) atoms. The second-order valence-electron chi connectivity index (χ2n) is 4.69. The molecule has 0 aliphatic heterocycles. The van der Waals surface area contributed by atoms with Crippen LogP contribution in [0, 0.1) is 11.8 Å². The van der Waals surface area contributed by atoms with Crippen LogP contribution in [0.5, 0.6) is 5.75 Å². The molecular weight excluding hydrogens is 266 g/mol. The molecule has 0 saturated heterocycles. The molecule has 0 bridgehead atoms. The summed E-state index contributed by atoms with van der Waals surface area (Å²) in [6.07, 6.45) is 0.755. The van der Waals surface area contributed by atoms with E-state index in [1.54, 1.807) is 12.1 Å². The molecule has 1 amide bonds. The molecule has 0 radical (unpaired) electrons. The van der Waals surface area contributed by atoms with Crippen molar-refractivity contribution in [1.82, 2.24) is 4.72 Å². The third-order valence-electron chi connectivity index (χ3n) is 3.13. The summed E-state index contributed by atoms with van der Waals surface area (Å²) in [6, 6.07) is 6.00. The van der Waals surface area contributed by atoms with Crippen molar-refractivity contribution in [2.24, 2.45) is 11.8 Å². The molecule has 1 aromatic rings. The Morgan fingerprint density at radius 3 is 2.42 bits per heavy atom. The second kappa shape index (κ2) is 5.21. The summed E-state index contributed by atoms with van der Waals surface area (Å²) < 4.78 is 31.3. The molecule has 0 spiro atoms. The van der Waals surface area contributed by atoms with Crippen LogP contribution in [0.1, 0.15) is 20.3 Å². The van der Waals surface area contributed by atoms with Crippen LogP contribution < -0.4 is 9.46 Å². The van der Waals surface area contributed by atoms with E-state index in [0.29, 0.717) is 12.4 Å². The summed E-state index contributed by atoms with van der Waals surface area (Å²) in [4.78, 5) is 11.7. The highest BCUT2D eigenvalue weighted by atomic mass is 32.2. The van der Waals surface area contributed by atoms with Gasteiger partial charge < -0.3 is 4.74 Å². The van der Waals surface area contributed by atoms with Crippen LogP contribution >= 0.6 is 0 Å². The van der Waals surface area contributed by atoms with Crippen LogP contribution in [0.2, 0.25) is 0 Å². The number of sulfonamides is 1. The van der Waals surface area contributed by atoms with E-state index >= 15 is 0 Å². The number of hydrogen-bond acceptors (Lipinski definition) is 4. The molecule has 1 aliphatic carbocycles. The Labute approximate surface area is 113 Å². The van der Waals surface area contributed by atoms with E-state index in [1.165, 1.54) is 12.1 Å². The highest BCUT2D eigenvalue weighted by Gasteiger charge is 2.40. The highest BCUT2D eigenvalue weighted by molar-refractivity contribution is 7.90. The van der Waals surface area contributed by atoms with Gasteiger partial charge in [0.1, 0.15) is 5.75 Å². The molecule has 2 rings (SSSR count). The number of hydrogen-bond donors (Lipinski definition) is 1. The van der Waals surface area contributed by atoms with Gasteiger partial charge in [0.2, 0.25) is 5.91 Å². The molecule has 1 N–H and O–H groups in total. The number of nitrogens with one attached hydrogen (secondary N) is 1. The molecule has 6 heteroatoms. The van der Waals surface area contributed by atoms with Crippen LogP contribution in [0.15, 0.2) is 29.2 Å². The van der Waals surface area contributed by atoms with Gasteiger partial charge in [-0.05, 0) is 43.5 Å². The summed E-state index contributed by atoms with van der Waals surface area (Å²) in [7, 11) is -3.77. The fraction of sp³-hybridized carbons (Fsp3) is 0.462. The molecule has 0 aromatic heterocycles. The van der Waals surface area contributed by atoms with Gasteiger partial charge in [-0.3, -0.25) is 4.79 Å². The first-order valence-electron chi connectivity index (χ1n) is 6.23. The fourth-order valence-corrected chi connectivity index (χ4v) is 2.86. The van der Waals surface area contributed by atoms with Crippen molar-refractivity contribution in [3.05, 3.63) is 24.3 Å². The number of ether oxygens (including phenoxy) is 1. The predicted octanol–water partition coefficient (Wildman–Crippen LogP) is 1.55. The molecular formula is C13H17NO4S. The zero-order chi connectivity index (χ0) is 14.0. The summed E-state index contributed by atoms with van der Waals surface area (Å²) in [6.45, 7) is 4.29. The molecule has 2 unspecified atom stereocenters. The van der Waals surface area contributed by atoms with Crippen LogP contribution in [0.4, 0.5) is 0 Å². The number of carbonyl (C=O) groups excluding carboxylic acids is 1. The van der Waals surface area contributed by atoms with Crippen LogP contribution in [0.25, 0.3) is 0 Å². The van der Waals surface area contributed by atoms with Crippen molar-refractivity contribution in [2.75, 3.05) is 6.61 Å². The highest BCUT2D eigenvalue weighted by Crippen LogP contribution is 2.37. The molecule has 1 aliphatic rings. The van der Waals surface area contributed by atoms with Gasteiger partial charge in [0.25, 0.3) is 10.0 Å². The topological polar surface area (TPSA) is 72.5 Å². The summed E-state index contributed by atoms with van der Waals surface area (Å²) in [5.41, 5.74) is 0. The minimum Gasteiger partial charge on any atom is -0.494 e. The van der Waals surface area contributed by atoms with Gasteiger partial charge >= 0.3 is 0 Å². The molecule has 104 valence electrons. The first-order valence-corrected chi connectivity index (χ1v) is 7.72. The Bertz CT molecular complexity index is 565. The average molecular weight is 283 g/mol. The Morgan fingerprint density at radius 1 is 1.37 bits per heavy atom. The Balaban J connectivity index is 2.08. The van der Waals surface area contributed by atoms with Crippen molar-refractivity contribution in [3.63, 3.8) is 0 Å². The smallest absolute Gasteiger partial charge is 0.264 e. The van der Waals surface area contributed by atoms with Gasteiger partial charge in [-0.15, -0.1) is 0 Å². The van der Waals surface area contributed by atoms with E-state index in [2.05, 4.69) is 4.72 Å². The van der Waals surface area contributed by atoms with Gasteiger partial charge in [-0.2, -0.15) is 0 Å². The second-order valence-corrected chi connectivity index (χ2v) is 6.38. The predicted molar refractivity (Wildman–Crippen MR) is 70.2 cm³/mol. The lowest BCUT2D eigenvalue weighted by atomic mass is 10.3. The van der Waals surface area contributed by atoms with Crippen molar-refractivity contribution < 1.29 is 17.9 Å². The maximum atomic E-state index is 12.0. The van der Waals surface area contributed by atoms with E-state index < -0.39 is 15.9 Å². The molecule has 2 atom stereocenters. The van der Waals surface area contributed by atoms with Gasteiger partial charge in [0.05, 0.1) is 11.5 Å². The first-order chi connectivity index (χ1) is 8.94. The standard InChI is InChI=1S/C13H17NO4S/c1-3-18-10-4-6-11(7-5-10)19(16,17)14-13(15)12-8-9(12)2/h4-7,9,12H,3,8H2,1-2H3,(H,14,15). The number of carbonyl (C=O) groups is 1. The van der Waals surface area contributed by atoms with Gasteiger partial charge in [0.15, 0.2) is 0 Å². The summed E-state index contributed by atoms with van der Waals surface area (Å²) in [5, 5.41) is 0. The quantitative estimate of drug-likeness (QED) is 0.889. The lowest BCUT2D eigenvalue weighted by molar-refractivity contribution is -0.120. The Morgan fingerprint density at radius 2 is 1.95 bits per heavy atom. The maximum absolute atomic E-state index is 12.0. The summed E-state index contributed by atoms with van der Waals surface area (Å²) in [5.74, 6) is 0.290. The Hall–Kier alpha value is -1.56. The summed E-state index contributed by atoms with van der Waals surface area (Å²) >= 11 is 0. The van der Waals surface area contributed by atoms with E-state index in [9.17, 15) is 13.2 Å². The molecule has 5 nitrogen and oxygen atoms in total. The minimum absolute atomic E-state index is 0.0672. The van der Waals surface area contributed by atoms with E-state index in [0.717, 1.165) is 6.42 Å². The molecule has 1 fully saturated rings. The zero-order valence-corrected chi connectivity index (χ0v) is 11.7. The van der Waals surface area contributed by atoms with Crippen LogP contribution in [0.3, 0.4) is 0 Å². The molecule has 0 heterocycles. The first kappa shape index (κ1) is 13.9. The number of amides is 1.